The van der Waals surface area contributed by atoms with Crippen molar-refractivity contribution in [1.82, 2.24) is 0 Å². The zero-order valence-electron chi connectivity index (χ0n) is 8.08. The summed E-state index contributed by atoms with van der Waals surface area (Å²) in [6, 6.07) is 0. The highest BCUT2D eigenvalue weighted by molar-refractivity contribution is 4.91. The topological polar surface area (TPSA) is 49.5 Å². The van der Waals surface area contributed by atoms with Gasteiger partial charge in [-0.05, 0) is 0 Å². The van der Waals surface area contributed by atoms with Crippen molar-refractivity contribution < 1.29 is 23.7 Å². The molecule has 0 spiro atoms. The summed E-state index contributed by atoms with van der Waals surface area (Å²) < 4.78 is 25.1. The van der Waals surface area contributed by atoms with Gasteiger partial charge in [0.2, 0.25) is 0 Å². The molecular weight excluding hydrogens is 176 g/mol. The van der Waals surface area contributed by atoms with Crippen molar-refractivity contribution in [3.8, 4) is 0 Å². The highest BCUT2D eigenvalue weighted by Crippen LogP contribution is 2.27. The molecule has 0 aromatic carbocycles. The molecule has 78 valence electrons. The average Bonchev–Trinajstić information content (AvgIpc) is 2.87. The van der Waals surface area contributed by atoms with E-state index in [9.17, 15) is 0 Å². The van der Waals surface area contributed by atoms with Crippen LogP contribution in [0.4, 0.5) is 0 Å². The third-order valence-electron chi connectivity index (χ3n) is 1.69. The van der Waals surface area contributed by atoms with E-state index < -0.39 is 0 Å². The Morgan fingerprint density at radius 1 is 1.08 bits per heavy atom. The highest BCUT2D eigenvalue weighted by Gasteiger charge is 2.45. The summed E-state index contributed by atoms with van der Waals surface area (Å²) in [6.07, 6.45) is 0. The van der Waals surface area contributed by atoms with Gasteiger partial charge in [-0.2, -0.15) is 0 Å². The second kappa shape index (κ2) is 5.51. The molecule has 5 nitrogen and oxygen atoms in total. The number of hydrogen-bond acceptors (Lipinski definition) is 5. The first kappa shape index (κ1) is 10.9. The van der Waals surface area contributed by atoms with Gasteiger partial charge in [-0.15, -0.1) is 0 Å². The molecular formula is C8H16O5. The molecule has 1 aliphatic rings. The summed E-state index contributed by atoms with van der Waals surface area (Å²) in [5.74, 6) is 0. The summed E-state index contributed by atoms with van der Waals surface area (Å²) in [6.45, 7) is 2.26. The fourth-order valence-electron chi connectivity index (χ4n) is 0.932. The van der Waals surface area contributed by atoms with Crippen molar-refractivity contribution in [2.45, 2.75) is 5.60 Å². The molecule has 0 bridgehead atoms. The smallest absolute Gasteiger partial charge is 0.146 e. The molecule has 0 atom stereocenters. The number of ether oxygens (including phenoxy) is 5. The van der Waals surface area contributed by atoms with E-state index in [0.29, 0.717) is 19.8 Å². The Kier molecular flexibility index (Phi) is 4.61. The molecule has 1 aliphatic heterocycles. The van der Waals surface area contributed by atoms with Gasteiger partial charge in [0, 0.05) is 14.2 Å². The minimum atomic E-state index is -0.253. The number of methoxy groups -OCH3 is 2. The maximum absolute atomic E-state index is 5.23. The molecule has 1 fully saturated rings. The molecule has 1 saturated heterocycles. The lowest BCUT2D eigenvalue weighted by Gasteiger charge is -2.11. The summed E-state index contributed by atoms with van der Waals surface area (Å²) in [7, 11) is 3.17. The molecule has 0 radical (unpaired) electrons. The minimum absolute atomic E-state index is 0.253. The van der Waals surface area contributed by atoms with Crippen molar-refractivity contribution in [1.29, 1.82) is 0 Å². The monoisotopic (exact) mass is 192 g/mol. The lowest BCUT2D eigenvalue weighted by atomic mass is 10.2. The van der Waals surface area contributed by atoms with E-state index in [2.05, 4.69) is 0 Å². The van der Waals surface area contributed by atoms with E-state index in [1.165, 1.54) is 0 Å². The Morgan fingerprint density at radius 2 is 1.54 bits per heavy atom. The third kappa shape index (κ3) is 4.02. The summed E-state index contributed by atoms with van der Waals surface area (Å²) in [4.78, 5) is 0. The van der Waals surface area contributed by atoms with Crippen LogP contribution >= 0.6 is 0 Å². The van der Waals surface area contributed by atoms with Crippen LogP contribution in [0.3, 0.4) is 0 Å². The first-order chi connectivity index (χ1) is 6.33. The quantitative estimate of drug-likeness (QED) is 0.308. The highest BCUT2D eigenvalue weighted by atomic mass is 16.7. The zero-order valence-corrected chi connectivity index (χ0v) is 8.08. The molecule has 1 rings (SSSR count). The first-order valence-corrected chi connectivity index (χ1v) is 4.10. The maximum Gasteiger partial charge on any atom is 0.146 e. The molecule has 0 aromatic heterocycles. The minimum Gasteiger partial charge on any atom is -0.365 e. The van der Waals surface area contributed by atoms with Crippen LogP contribution in [0.1, 0.15) is 0 Å². The van der Waals surface area contributed by atoms with Gasteiger partial charge < -0.3 is 23.7 Å². The van der Waals surface area contributed by atoms with Crippen LogP contribution in [0.2, 0.25) is 0 Å². The van der Waals surface area contributed by atoms with Crippen LogP contribution < -0.4 is 0 Å². The van der Waals surface area contributed by atoms with E-state index in [4.69, 9.17) is 23.7 Å². The van der Waals surface area contributed by atoms with Crippen molar-refractivity contribution in [2.75, 3.05) is 47.6 Å². The molecule has 0 saturated carbocycles. The van der Waals surface area contributed by atoms with Crippen molar-refractivity contribution in [2.24, 2.45) is 0 Å². The predicted octanol–water partition coefficient (Wildman–Crippen LogP) is -0.00360. The fourth-order valence-corrected chi connectivity index (χ4v) is 0.932. The van der Waals surface area contributed by atoms with Crippen LogP contribution in [-0.4, -0.2) is 53.2 Å². The molecule has 0 unspecified atom stereocenters. The maximum atomic E-state index is 5.23. The number of epoxide rings is 1. The molecule has 13 heavy (non-hydrogen) atoms. The van der Waals surface area contributed by atoms with Crippen LogP contribution in [0, 0.1) is 0 Å². The van der Waals surface area contributed by atoms with Crippen LogP contribution in [0.15, 0.2) is 0 Å². The van der Waals surface area contributed by atoms with Gasteiger partial charge in [0.1, 0.15) is 19.2 Å². The lowest BCUT2D eigenvalue weighted by Crippen LogP contribution is -2.27. The van der Waals surface area contributed by atoms with Crippen LogP contribution in [0.5, 0.6) is 0 Å². The number of hydrogen-bond donors (Lipinski definition) is 0. The SMILES string of the molecule is COCOCC1(COCOC)CO1. The van der Waals surface area contributed by atoms with Gasteiger partial charge >= 0.3 is 0 Å². The Labute approximate surface area is 77.9 Å². The van der Waals surface area contributed by atoms with E-state index in [1.54, 1.807) is 14.2 Å². The largest absolute Gasteiger partial charge is 0.365 e. The van der Waals surface area contributed by atoms with Gasteiger partial charge in [0.05, 0.1) is 19.8 Å². The first-order valence-electron chi connectivity index (χ1n) is 4.10. The summed E-state index contributed by atoms with van der Waals surface area (Å²) in [5, 5.41) is 0. The second-order valence-corrected chi connectivity index (χ2v) is 2.98. The van der Waals surface area contributed by atoms with Crippen molar-refractivity contribution in [3.63, 3.8) is 0 Å². The van der Waals surface area contributed by atoms with Gasteiger partial charge in [-0.3, -0.25) is 0 Å². The van der Waals surface area contributed by atoms with Gasteiger partial charge in [0.25, 0.3) is 0 Å². The molecule has 0 aromatic rings. The summed E-state index contributed by atoms with van der Waals surface area (Å²) >= 11 is 0. The summed E-state index contributed by atoms with van der Waals surface area (Å²) in [5.41, 5.74) is -0.253. The molecule has 5 heteroatoms. The van der Waals surface area contributed by atoms with Crippen molar-refractivity contribution >= 4 is 0 Å². The average molecular weight is 192 g/mol. The molecule has 1 heterocycles. The second-order valence-electron chi connectivity index (χ2n) is 2.98. The van der Waals surface area contributed by atoms with Crippen molar-refractivity contribution in [3.05, 3.63) is 0 Å². The molecule has 0 N–H and O–H groups in total. The fraction of sp³-hybridized carbons (Fsp3) is 1.00. The van der Waals surface area contributed by atoms with Crippen LogP contribution in [0.25, 0.3) is 0 Å². The van der Waals surface area contributed by atoms with E-state index in [1.807, 2.05) is 0 Å². The lowest BCUT2D eigenvalue weighted by molar-refractivity contribution is -0.0845. The Hall–Kier alpha value is -0.200. The van der Waals surface area contributed by atoms with E-state index in [0.717, 1.165) is 0 Å². The van der Waals surface area contributed by atoms with Gasteiger partial charge in [0.15, 0.2) is 0 Å². The zero-order chi connectivity index (χ0) is 9.57. The van der Waals surface area contributed by atoms with Crippen LogP contribution in [-0.2, 0) is 23.7 Å². The Bertz CT molecular complexity index is 122. The van der Waals surface area contributed by atoms with Gasteiger partial charge in [-0.25, -0.2) is 0 Å². The molecule has 0 aliphatic carbocycles. The molecule has 0 amide bonds. The normalized spacial score (nSPS) is 18.9. The number of rotatable bonds is 8. The van der Waals surface area contributed by atoms with E-state index in [-0.39, 0.29) is 19.2 Å². The van der Waals surface area contributed by atoms with E-state index >= 15 is 0 Å². The van der Waals surface area contributed by atoms with Gasteiger partial charge in [-0.1, -0.05) is 0 Å². The standard InChI is InChI=1S/C8H16O5/c1-9-6-11-3-8(5-13-8)4-12-7-10-2/h3-7H2,1-2H3. The Balaban J connectivity index is 2.01. The third-order valence-corrected chi connectivity index (χ3v) is 1.69. The Morgan fingerprint density at radius 3 is 1.85 bits per heavy atom. The predicted molar refractivity (Wildman–Crippen MR) is 44.3 cm³/mol.